The standard InChI is InChI=1S/C13H15FO2/c1-13(2,3)12(16)11(15)8-9-5-4-6-10(14)7-9/h4-7H,8H2,1-3H3. The molecule has 0 N–H and O–H groups in total. The fourth-order valence-electron chi connectivity index (χ4n) is 1.33. The molecule has 1 aromatic carbocycles. The van der Waals surface area contributed by atoms with E-state index in [-0.39, 0.29) is 6.42 Å². The molecule has 2 nitrogen and oxygen atoms in total. The van der Waals surface area contributed by atoms with Crippen molar-refractivity contribution >= 4 is 11.6 Å². The van der Waals surface area contributed by atoms with Crippen LogP contribution in [0.15, 0.2) is 24.3 Å². The van der Waals surface area contributed by atoms with Crippen LogP contribution in [-0.2, 0) is 16.0 Å². The molecule has 0 aliphatic heterocycles. The Hall–Kier alpha value is -1.51. The molecule has 0 heterocycles. The molecule has 0 bridgehead atoms. The molecule has 0 amide bonds. The maximum absolute atomic E-state index is 12.9. The van der Waals surface area contributed by atoms with Crippen molar-refractivity contribution in [3.63, 3.8) is 0 Å². The average molecular weight is 222 g/mol. The second-order valence-corrected chi connectivity index (χ2v) is 4.81. The van der Waals surface area contributed by atoms with Crippen molar-refractivity contribution in [2.75, 3.05) is 0 Å². The van der Waals surface area contributed by atoms with Crippen LogP contribution in [0.25, 0.3) is 0 Å². The third-order valence-electron chi connectivity index (χ3n) is 2.19. The lowest BCUT2D eigenvalue weighted by Crippen LogP contribution is -2.29. The third-order valence-corrected chi connectivity index (χ3v) is 2.19. The van der Waals surface area contributed by atoms with Gasteiger partial charge in [-0.2, -0.15) is 0 Å². The van der Waals surface area contributed by atoms with Crippen molar-refractivity contribution in [1.82, 2.24) is 0 Å². The zero-order valence-electron chi connectivity index (χ0n) is 9.71. The lowest BCUT2D eigenvalue weighted by atomic mass is 9.86. The summed E-state index contributed by atoms with van der Waals surface area (Å²) < 4.78 is 12.9. The molecule has 1 aromatic rings. The van der Waals surface area contributed by atoms with Crippen LogP contribution in [0.5, 0.6) is 0 Å². The monoisotopic (exact) mass is 222 g/mol. The summed E-state index contributed by atoms with van der Waals surface area (Å²) in [6, 6.07) is 5.74. The largest absolute Gasteiger partial charge is 0.290 e. The van der Waals surface area contributed by atoms with Gasteiger partial charge < -0.3 is 0 Å². The number of carbonyl (C=O) groups excluding carboxylic acids is 2. The minimum Gasteiger partial charge on any atom is -0.290 e. The number of hydrogen-bond acceptors (Lipinski definition) is 2. The number of Topliss-reactive ketones (excluding diaryl/α,β-unsaturated/α-hetero) is 2. The van der Waals surface area contributed by atoms with E-state index in [2.05, 4.69) is 0 Å². The first kappa shape index (κ1) is 12.6. The molecular formula is C13H15FO2. The first-order valence-electron chi connectivity index (χ1n) is 5.13. The predicted octanol–water partition coefficient (Wildman–Crippen LogP) is 2.55. The number of benzene rings is 1. The van der Waals surface area contributed by atoms with Gasteiger partial charge in [0.15, 0.2) is 0 Å². The van der Waals surface area contributed by atoms with Gasteiger partial charge in [-0.3, -0.25) is 9.59 Å². The minimum absolute atomic E-state index is 0.0339. The highest BCUT2D eigenvalue weighted by atomic mass is 19.1. The maximum Gasteiger partial charge on any atom is 0.204 e. The van der Waals surface area contributed by atoms with Crippen molar-refractivity contribution in [1.29, 1.82) is 0 Å². The van der Waals surface area contributed by atoms with Gasteiger partial charge in [0, 0.05) is 11.8 Å². The van der Waals surface area contributed by atoms with Gasteiger partial charge in [-0.15, -0.1) is 0 Å². The molecule has 0 saturated heterocycles. The van der Waals surface area contributed by atoms with Gasteiger partial charge in [0.1, 0.15) is 5.82 Å². The molecule has 0 aromatic heterocycles. The first-order chi connectivity index (χ1) is 7.30. The van der Waals surface area contributed by atoms with Crippen LogP contribution in [-0.4, -0.2) is 11.6 Å². The topological polar surface area (TPSA) is 34.1 Å². The summed E-state index contributed by atoms with van der Waals surface area (Å²) in [4.78, 5) is 23.2. The average Bonchev–Trinajstić information content (AvgIpc) is 2.15. The molecule has 3 heteroatoms. The summed E-state index contributed by atoms with van der Waals surface area (Å²) in [6.07, 6.45) is -0.0339. The molecule has 0 fully saturated rings. The van der Waals surface area contributed by atoms with Gasteiger partial charge in [0.25, 0.3) is 0 Å². The molecule has 0 spiro atoms. The van der Waals surface area contributed by atoms with E-state index in [0.29, 0.717) is 5.56 Å². The van der Waals surface area contributed by atoms with Gasteiger partial charge in [-0.1, -0.05) is 32.9 Å². The Morgan fingerprint density at radius 1 is 1.25 bits per heavy atom. The van der Waals surface area contributed by atoms with Crippen molar-refractivity contribution in [3.8, 4) is 0 Å². The minimum atomic E-state index is -0.676. The van der Waals surface area contributed by atoms with E-state index >= 15 is 0 Å². The Morgan fingerprint density at radius 3 is 2.38 bits per heavy atom. The fourth-order valence-corrected chi connectivity index (χ4v) is 1.33. The summed E-state index contributed by atoms with van der Waals surface area (Å²) in [5, 5.41) is 0. The highest BCUT2D eigenvalue weighted by Gasteiger charge is 2.27. The van der Waals surface area contributed by atoms with Crippen molar-refractivity contribution in [3.05, 3.63) is 35.6 Å². The lowest BCUT2D eigenvalue weighted by molar-refractivity contribution is -0.140. The summed E-state index contributed by atoms with van der Waals surface area (Å²) in [7, 11) is 0. The molecule has 0 atom stereocenters. The highest BCUT2D eigenvalue weighted by Crippen LogP contribution is 2.16. The van der Waals surface area contributed by atoms with E-state index in [0.717, 1.165) is 0 Å². The van der Waals surface area contributed by atoms with Crippen LogP contribution in [0.2, 0.25) is 0 Å². The zero-order chi connectivity index (χ0) is 12.3. The van der Waals surface area contributed by atoms with Gasteiger partial charge in [0.05, 0.1) is 0 Å². The van der Waals surface area contributed by atoms with Crippen LogP contribution < -0.4 is 0 Å². The number of halogens is 1. The summed E-state index contributed by atoms with van der Waals surface area (Å²) >= 11 is 0. The van der Waals surface area contributed by atoms with Crippen LogP contribution in [0.1, 0.15) is 26.3 Å². The predicted molar refractivity (Wildman–Crippen MR) is 59.6 cm³/mol. The second-order valence-electron chi connectivity index (χ2n) is 4.81. The molecule has 86 valence electrons. The molecule has 16 heavy (non-hydrogen) atoms. The Labute approximate surface area is 94.5 Å². The SMILES string of the molecule is CC(C)(C)C(=O)C(=O)Cc1cccc(F)c1. The molecule has 0 radical (unpaired) electrons. The van der Waals surface area contributed by atoms with Crippen LogP contribution in [0, 0.1) is 11.2 Å². The smallest absolute Gasteiger partial charge is 0.204 e. The van der Waals surface area contributed by atoms with Crippen LogP contribution in [0.4, 0.5) is 4.39 Å². The Morgan fingerprint density at radius 2 is 1.88 bits per heavy atom. The maximum atomic E-state index is 12.9. The summed E-state index contributed by atoms with van der Waals surface area (Å²) in [5.74, 6) is -1.29. The molecular weight excluding hydrogens is 207 g/mol. The van der Waals surface area contributed by atoms with Gasteiger partial charge in [-0.25, -0.2) is 4.39 Å². The fraction of sp³-hybridized carbons (Fsp3) is 0.385. The number of ketones is 2. The summed E-state index contributed by atoms with van der Waals surface area (Å²) in [5.41, 5.74) is -0.146. The van der Waals surface area contributed by atoms with E-state index in [1.54, 1.807) is 26.8 Å². The first-order valence-corrected chi connectivity index (χ1v) is 5.13. The van der Waals surface area contributed by atoms with Crippen molar-refractivity contribution in [2.24, 2.45) is 5.41 Å². The van der Waals surface area contributed by atoms with Gasteiger partial charge >= 0.3 is 0 Å². The van der Waals surface area contributed by atoms with Gasteiger partial charge in [-0.05, 0) is 17.7 Å². The lowest BCUT2D eigenvalue weighted by Gasteiger charge is -2.15. The van der Waals surface area contributed by atoms with Crippen molar-refractivity contribution in [2.45, 2.75) is 27.2 Å². The van der Waals surface area contributed by atoms with Gasteiger partial charge in [0.2, 0.25) is 11.6 Å². The molecule has 0 aliphatic rings. The van der Waals surface area contributed by atoms with E-state index in [4.69, 9.17) is 0 Å². The Balaban J connectivity index is 2.76. The van der Waals surface area contributed by atoms with Crippen LogP contribution in [0.3, 0.4) is 0 Å². The Bertz CT molecular complexity index is 416. The zero-order valence-corrected chi connectivity index (χ0v) is 9.71. The van der Waals surface area contributed by atoms with E-state index in [9.17, 15) is 14.0 Å². The summed E-state index contributed by atoms with van der Waals surface area (Å²) in [6.45, 7) is 5.08. The van der Waals surface area contributed by atoms with Crippen molar-refractivity contribution < 1.29 is 14.0 Å². The highest BCUT2D eigenvalue weighted by molar-refractivity contribution is 6.39. The number of carbonyl (C=O) groups is 2. The van der Waals surface area contributed by atoms with Crippen LogP contribution >= 0.6 is 0 Å². The number of rotatable bonds is 3. The second kappa shape index (κ2) is 4.56. The quantitative estimate of drug-likeness (QED) is 0.736. The van der Waals surface area contributed by atoms with E-state index < -0.39 is 22.8 Å². The third kappa shape index (κ3) is 3.26. The van der Waals surface area contributed by atoms with E-state index in [1.165, 1.54) is 18.2 Å². The Kier molecular flexibility index (Phi) is 3.58. The molecule has 0 unspecified atom stereocenters. The normalized spacial score (nSPS) is 11.2. The van der Waals surface area contributed by atoms with E-state index in [1.807, 2.05) is 0 Å². The molecule has 0 saturated carbocycles. The molecule has 0 aliphatic carbocycles. The number of hydrogen-bond donors (Lipinski definition) is 0. The molecule has 1 rings (SSSR count).